The second-order valence-corrected chi connectivity index (χ2v) is 1.38. The first-order valence-electron chi connectivity index (χ1n) is 0.721. The lowest BCUT2D eigenvalue weighted by Crippen LogP contribution is -1.27. The van der Waals surface area contributed by atoms with Gasteiger partial charge in [0.2, 0.25) is 0 Å². The molecular formula is F2NPS. The highest BCUT2D eigenvalue weighted by atomic mass is 32.1. The van der Waals surface area contributed by atoms with Crippen molar-refractivity contribution in [1.82, 2.24) is 0 Å². The van der Waals surface area contributed by atoms with Gasteiger partial charge in [0, 0.05) is 12.4 Å². The monoisotopic (exact) mass is 115 g/mol. The molecule has 0 aliphatic carbocycles. The summed E-state index contributed by atoms with van der Waals surface area (Å²) in [5.41, 5.74) is 0. The molecule has 0 aromatic rings. The average Bonchev–Trinajstić information content (AvgIpc) is 1.38. The van der Waals surface area contributed by atoms with Gasteiger partial charge in [0.1, 0.15) is 0 Å². The van der Waals surface area contributed by atoms with Crippen LogP contribution < -0.4 is 0 Å². The second-order valence-electron chi connectivity index (χ2n) is 0.297. The number of rotatable bonds is 1. The van der Waals surface area contributed by atoms with E-state index in [-0.39, 0.29) is 0 Å². The number of hydrogen-bond donors (Lipinski definition) is 0. The zero-order valence-electron chi connectivity index (χ0n) is 2.06. The molecule has 0 unspecified atom stereocenters. The molecule has 0 bridgehead atoms. The lowest BCUT2D eigenvalue weighted by molar-refractivity contribution is 0.749. The van der Waals surface area contributed by atoms with Crippen molar-refractivity contribution in [2.24, 2.45) is 4.13 Å². The van der Waals surface area contributed by atoms with E-state index in [0.717, 1.165) is 0 Å². The fraction of sp³-hybridized carbons (Fsp3) is 0. The fourth-order valence-corrected chi connectivity index (χ4v) is 0. The maximum Gasteiger partial charge on any atom is 0.404 e. The molecule has 0 amide bonds. The molecule has 0 spiro atoms. The van der Waals surface area contributed by atoms with Gasteiger partial charge in [-0.25, -0.2) is 0 Å². The predicted octanol–water partition coefficient (Wildman–Crippen LogP) is 1.88. The molecule has 0 heterocycles. The van der Waals surface area contributed by atoms with E-state index in [9.17, 15) is 8.39 Å². The quantitative estimate of drug-likeness (QED) is 0.475. The molecule has 0 saturated heterocycles. The first-order chi connectivity index (χ1) is 2.27. The summed E-state index contributed by atoms with van der Waals surface area (Å²) in [5, 5.41) is 0. The van der Waals surface area contributed by atoms with Crippen LogP contribution in [-0.2, 0) is 12.4 Å². The molecule has 30 valence electrons. The van der Waals surface area contributed by atoms with E-state index in [0.29, 0.717) is 0 Å². The highest BCUT2D eigenvalue weighted by Gasteiger charge is 1.92. The fourth-order valence-electron chi connectivity index (χ4n) is 0. The molecule has 0 aliphatic heterocycles. The molecule has 5 heavy (non-hydrogen) atoms. The predicted molar refractivity (Wildman–Crippen MR) is 18.9 cm³/mol. The second kappa shape index (κ2) is 2.54. The number of nitrogens with zero attached hydrogens (tertiary/aromatic N) is 1. The van der Waals surface area contributed by atoms with E-state index in [2.05, 4.69) is 16.6 Å². The molecule has 0 aromatic carbocycles. The Kier molecular flexibility index (Phi) is 2.70. The van der Waals surface area contributed by atoms with Crippen molar-refractivity contribution in [2.75, 3.05) is 0 Å². The smallest absolute Gasteiger partial charge is 0.160 e. The van der Waals surface area contributed by atoms with E-state index in [1.165, 1.54) is 0 Å². The Hall–Kier alpha value is 0.310. The summed E-state index contributed by atoms with van der Waals surface area (Å²) < 4.78 is 23.3. The largest absolute Gasteiger partial charge is 0.404 e. The molecule has 0 N–H and O–H groups in total. The molecule has 0 radical (unpaired) electrons. The van der Waals surface area contributed by atoms with Gasteiger partial charge in [-0.3, -0.25) is 0 Å². The summed E-state index contributed by atoms with van der Waals surface area (Å²) in [7, 11) is -3.16. The van der Waals surface area contributed by atoms with Crippen molar-refractivity contribution in [1.29, 1.82) is 0 Å². The normalized spacial score (nSPS) is 8.60. The van der Waals surface area contributed by atoms with Crippen molar-refractivity contribution in [3.8, 4) is 0 Å². The van der Waals surface area contributed by atoms with Crippen LogP contribution in [-0.4, -0.2) is 0 Å². The van der Waals surface area contributed by atoms with Crippen LogP contribution in [0.3, 0.4) is 0 Å². The Bertz CT molecular complexity index is 36.6. The van der Waals surface area contributed by atoms with Gasteiger partial charge in [0.05, 0.1) is 0 Å². The van der Waals surface area contributed by atoms with Gasteiger partial charge in [-0.1, -0.05) is 0 Å². The third kappa shape index (κ3) is 4.31. The van der Waals surface area contributed by atoms with Gasteiger partial charge in [0.15, 0.2) is 0 Å². The van der Waals surface area contributed by atoms with Gasteiger partial charge in [-0.05, 0) is 0 Å². The third-order valence-corrected chi connectivity index (χ3v) is 0.555. The van der Waals surface area contributed by atoms with Crippen LogP contribution in [0.2, 0.25) is 0 Å². The minimum Gasteiger partial charge on any atom is -0.160 e. The molecular weight excluding hydrogens is 115 g/mol. The lowest BCUT2D eigenvalue weighted by Gasteiger charge is -1.69. The van der Waals surface area contributed by atoms with E-state index in [1.807, 2.05) is 0 Å². The topological polar surface area (TPSA) is 12.4 Å². The van der Waals surface area contributed by atoms with Crippen LogP contribution in [0.15, 0.2) is 4.13 Å². The van der Waals surface area contributed by atoms with Gasteiger partial charge in [0.25, 0.3) is 0 Å². The Balaban J connectivity index is 2.83. The molecule has 0 atom stereocenters. The molecule has 0 aliphatic rings. The minimum atomic E-state index is -3.16. The summed E-state index contributed by atoms with van der Waals surface area (Å²) in [5.74, 6) is 0. The van der Waals surface area contributed by atoms with E-state index in [1.54, 1.807) is 0 Å². The molecule has 0 rings (SSSR count). The highest BCUT2D eigenvalue weighted by Crippen LogP contribution is 2.38. The van der Waals surface area contributed by atoms with Crippen LogP contribution in [0.4, 0.5) is 8.39 Å². The Morgan fingerprint density at radius 1 is 1.60 bits per heavy atom. The van der Waals surface area contributed by atoms with Gasteiger partial charge < -0.3 is 0 Å². The molecule has 0 saturated carbocycles. The molecule has 0 aromatic heterocycles. The van der Waals surface area contributed by atoms with Gasteiger partial charge in [-0.15, -0.1) is 4.13 Å². The zero-order valence-corrected chi connectivity index (χ0v) is 3.77. The maximum atomic E-state index is 10.6. The summed E-state index contributed by atoms with van der Waals surface area (Å²) in [4.78, 5) is 0. The van der Waals surface area contributed by atoms with Crippen molar-refractivity contribution in [3.63, 3.8) is 0 Å². The van der Waals surface area contributed by atoms with Crippen LogP contribution in [0, 0.1) is 0 Å². The van der Waals surface area contributed by atoms with Crippen LogP contribution in [0.1, 0.15) is 0 Å². The van der Waals surface area contributed by atoms with E-state index >= 15 is 0 Å². The molecule has 0 fully saturated rings. The SMILES string of the molecule is FP(F)N=S. The zero-order chi connectivity index (χ0) is 4.28. The lowest BCUT2D eigenvalue weighted by atomic mass is 13.9. The first kappa shape index (κ1) is 5.31. The number of halogens is 2. The van der Waals surface area contributed by atoms with E-state index < -0.39 is 8.69 Å². The Labute approximate surface area is 34.6 Å². The van der Waals surface area contributed by atoms with Crippen molar-refractivity contribution < 1.29 is 8.39 Å². The summed E-state index contributed by atoms with van der Waals surface area (Å²) in [6.07, 6.45) is 0. The van der Waals surface area contributed by atoms with Crippen molar-refractivity contribution in [3.05, 3.63) is 0 Å². The summed E-state index contributed by atoms with van der Waals surface area (Å²) in [6, 6.07) is 0. The standard InChI is InChI=1S/F2NPS/c1-4(2)3-5. The maximum absolute atomic E-state index is 10.6. The number of hydrogen-bond acceptors (Lipinski definition) is 2. The minimum absolute atomic E-state index is 2.20. The Morgan fingerprint density at radius 2 is 1.80 bits per heavy atom. The van der Waals surface area contributed by atoms with Gasteiger partial charge in [-0.2, -0.15) is 8.39 Å². The van der Waals surface area contributed by atoms with Crippen LogP contribution >= 0.6 is 8.69 Å². The van der Waals surface area contributed by atoms with Crippen molar-refractivity contribution >= 4 is 21.1 Å². The van der Waals surface area contributed by atoms with Crippen LogP contribution in [0.5, 0.6) is 0 Å². The average molecular weight is 115 g/mol. The van der Waals surface area contributed by atoms with Crippen molar-refractivity contribution in [2.45, 2.75) is 0 Å². The van der Waals surface area contributed by atoms with E-state index in [4.69, 9.17) is 0 Å². The first-order valence-corrected chi connectivity index (χ1v) is 2.16. The Morgan fingerprint density at radius 3 is 1.80 bits per heavy atom. The summed E-state index contributed by atoms with van der Waals surface area (Å²) in [6.45, 7) is 0. The van der Waals surface area contributed by atoms with Gasteiger partial charge >= 0.3 is 8.69 Å². The molecule has 1 nitrogen and oxygen atoms in total. The highest BCUT2D eigenvalue weighted by molar-refractivity contribution is 7.58. The third-order valence-electron chi connectivity index (χ3n) is 0.0617. The summed E-state index contributed by atoms with van der Waals surface area (Å²) >= 11 is 3.58. The van der Waals surface area contributed by atoms with Crippen LogP contribution in [0.25, 0.3) is 0 Å². The molecule has 5 heteroatoms.